The minimum Gasteiger partial charge on any atom is -0.444 e. The van der Waals surface area contributed by atoms with Crippen molar-refractivity contribution in [1.82, 2.24) is 4.90 Å². The molecule has 6 nitrogen and oxygen atoms in total. The fourth-order valence-electron chi connectivity index (χ4n) is 2.31. The van der Waals surface area contributed by atoms with Crippen LogP contribution in [0.3, 0.4) is 0 Å². The number of para-hydroxylation sites is 1. The summed E-state index contributed by atoms with van der Waals surface area (Å²) < 4.78 is 10.9. The van der Waals surface area contributed by atoms with Gasteiger partial charge in [-0.3, -0.25) is 5.32 Å². The molecule has 0 atom stereocenters. The minimum atomic E-state index is -0.581. The van der Waals surface area contributed by atoms with Crippen LogP contribution in [0.5, 0.6) is 0 Å². The number of unbranched alkanes of at least 4 members (excludes halogenated alkanes) is 1. The predicted octanol–water partition coefficient (Wildman–Crippen LogP) is 5.57. The average Bonchev–Trinajstić information content (AvgIpc) is 2.49. The van der Waals surface area contributed by atoms with Gasteiger partial charge in [-0.2, -0.15) is 0 Å². The first-order valence-corrected chi connectivity index (χ1v) is 9.47. The Balaban J connectivity index is 2.95. The number of rotatable bonds is 6. The van der Waals surface area contributed by atoms with Crippen molar-refractivity contribution in [3.63, 3.8) is 0 Å². The molecular weight excluding hydrogens is 344 g/mol. The van der Waals surface area contributed by atoms with Crippen molar-refractivity contribution in [2.45, 2.75) is 79.1 Å². The molecule has 1 aromatic carbocycles. The van der Waals surface area contributed by atoms with E-state index in [1.807, 2.05) is 59.7 Å². The van der Waals surface area contributed by atoms with Crippen LogP contribution in [0.2, 0.25) is 0 Å². The van der Waals surface area contributed by atoms with E-state index < -0.39 is 17.3 Å². The average molecular weight is 379 g/mol. The van der Waals surface area contributed by atoms with Crippen molar-refractivity contribution in [2.75, 3.05) is 11.9 Å². The van der Waals surface area contributed by atoms with Crippen LogP contribution in [0, 0.1) is 0 Å². The molecule has 0 saturated heterocycles. The van der Waals surface area contributed by atoms with Crippen LogP contribution in [0.15, 0.2) is 24.3 Å². The fourth-order valence-corrected chi connectivity index (χ4v) is 2.31. The van der Waals surface area contributed by atoms with E-state index in [0.717, 1.165) is 18.4 Å². The molecule has 0 heterocycles. The zero-order chi connectivity index (χ0) is 20.7. The Morgan fingerprint density at radius 2 is 1.59 bits per heavy atom. The number of nitrogens with one attached hydrogen (secondary N) is 1. The van der Waals surface area contributed by atoms with Crippen molar-refractivity contribution < 1.29 is 19.1 Å². The monoisotopic (exact) mass is 378 g/mol. The van der Waals surface area contributed by atoms with Crippen molar-refractivity contribution in [3.8, 4) is 0 Å². The lowest BCUT2D eigenvalue weighted by molar-refractivity contribution is 0.0231. The quantitative estimate of drug-likeness (QED) is 0.702. The maximum Gasteiger partial charge on any atom is 0.412 e. The third-order valence-electron chi connectivity index (χ3n) is 3.45. The Kier molecular flexibility index (Phi) is 8.13. The molecule has 0 fully saturated rings. The predicted molar refractivity (Wildman–Crippen MR) is 108 cm³/mol. The van der Waals surface area contributed by atoms with Crippen molar-refractivity contribution >= 4 is 17.9 Å². The van der Waals surface area contributed by atoms with E-state index in [1.165, 1.54) is 0 Å². The van der Waals surface area contributed by atoms with Gasteiger partial charge in [0.2, 0.25) is 0 Å². The summed E-state index contributed by atoms with van der Waals surface area (Å²) in [6.07, 6.45) is 0.966. The number of nitrogens with zero attached hydrogens (tertiary/aromatic N) is 1. The number of carbonyl (C=O) groups excluding carboxylic acids is 2. The molecule has 6 heteroatoms. The van der Waals surface area contributed by atoms with E-state index in [9.17, 15) is 9.59 Å². The number of benzene rings is 1. The van der Waals surface area contributed by atoms with E-state index in [4.69, 9.17) is 9.47 Å². The molecule has 2 amide bonds. The molecule has 0 aliphatic rings. The van der Waals surface area contributed by atoms with Gasteiger partial charge < -0.3 is 14.4 Å². The molecule has 0 spiro atoms. The molecule has 0 radical (unpaired) electrons. The largest absolute Gasteiger partial charge is 0.444 e. The van der Waals surface area contributed by atoms with Gasteiger partial charge in [-0.05, 0) is 59.6 Å². The van der Waals surface area contributed by atoms with Crippen LogP contribution in [-0.4, -0.2) is 34.8 Å². The van der Waals surface area contributed by atoms with Crippen LogP contribution < -0.4 is 5.32 Å². The van der Waals surface area contributed by atoms with Gasteiger partial charge in [-0.1, -0.05) is 31.5 Å². The van der Waals surface area contributed by atoms with E-state index in [0.29, 0.717) is 18.8 Å². The van der Waals surface area contributed by atoms with Crippen LogP contribution in [-0.2, 0) is 16.0 Å². The number of carbonyl (C=O) groups is 2. The van der Waals surface area contributed by atoms with E-state index >= 15 is 0 Å². The first-order chi connectivity index (χ1) is 12.4. The number of ether oxygens (including phenoxy) is 2. The summed E-state index contributed by atoms with van der Waals surface area (Å²) in [5.41, 5.74) is 0.306. The highest BCUT2D eigenvalue weighted by molar-refractivity contribution is 5.86. The maximum atomic E-state index is 12.6. The SMILES string of the molecule is CCCCN(Cc1ccccc1NC(=O)OC(C)(C)C)C(=O)OC(C)(C)C. The van der Waals surface area contributed by atoms with Gasteiger partial charge in [0.05, 0.1) is 6.54 Å². The second-order valence-corrected chi connectivity index (χ2v) is 8.54. The van der Waals surface area contributed by atoms with Gasteiger partial charge in [0.15, 0.2) is 0 Å². The normalized spacial score (nSPS) is 11.7. The molecule has 152 valence electrons. The van der Waals surface area contributed by atoms with Crippen molar-refractivity contribution in [2.24, 2.45) is 0 Å². The summed E-state index contributed by atoms with van der Waals surface area (Å²) in [7, 11) is 0. The lowest BCUT2D eigenvalue weighted by Crippen LogP contribution is -2.37. The van der Waals surface area contributed by atoms with Gasteiger partial charge in [0, 0.05) is 12.2 Å². The second kappa shape index (κ2) is 9.62. The highest BCUT2D eigenvalue weighted by Crippen LogP contribution is 2.20. The number of amides is 2. The smallest absolute Gasteiger partial charge is 0.412 e. The summed E-state index contributed by atoms with van der Waals surface area (Å²) >= 11 is 0. The first kappa shape index (κ1) is 22.8. The molecule has 1 N–H and O–H groups in total. The summed E-state index contributed by atoms with van der Waals surface area (Å²) in [6, 6.07) is 7.39. The molecule has 0 aliphatic heterocycles. The third kappa shape index (κ3) is 9.31. The summed E-state index contributed by atoms with van der Waals surface area (Å²) in [6.45, 7) is 14.0. The molecule has 27 heavy (non-hydrogen) atoms. The van der Waals surface area contributed by atoms with Crippen molar-refractivity contribution in [3.05, 3.63) is 29.8 Å². The van der Waals surface area contributed by atoms with Gasteiger partial charge in [0.25, 0.3) is 0 Å². The molecule has 1 aromatic rings. The van der Waals surface area contributed by atoms with Crippen LogP contribution in [0.1, 0.15) is 66.9 Å². The lowest BCUT2D eigenvalue weighted by Gasteiger charge is -2.28. The van der Waals surface area contributed by atoms with E-state index in [1.54, 1.807) is 11.0 Å². The van der Waals surface area contributed by atoms with E-state index in [-0.39, 0.29) is 6.09 Å². The van der Waals surface area contributed by atoms with Crippen LogP contribution in [0.4, 0.5) is 15.3 Å². The van der Waals surface area contributed by atoms with Crippen molar-refractivity contribution in [1.29, 1.82) is 0 Å². The van der Waals surface area contributed by atoms with Gasteiger partial charge in [-0.15, -0.1) is 0 Å². The lowest BCUT2D eigenvalue weighted by atomic mass is 10.1. The number of anilines is 1. The Morgan fingerprint density at radius 1 is 1.00 bits per heavy atom. The molecule has 0 aliphatic carbocycles. The summed E-state index contributed by atoms with van der Waals surface area (Å²) in [5.74, 6) is 0. The Labute approximate surface area is 163 Å². The maximum absolute atomic E-state index is 12.6. The molecule has 0 aromatic heterocycles. The molecule has 0 saturated carbocycles. The van der Waals surface area contributed by atoms with Gasteiger partial charge in [-0.25, -0.2) is 9.59 Å². The Bertz CT molecular complexity index is 630. The Morgan fingerprint density at radius 3 is 2.15 bits per heavy atom. The standard InChI is InChI=1S/C21H34N2O4/c1-8-9-14-23(19(25)27-21(5,6)7)15-16-12-10-11-13-17(16)22-18(24)26-20(2,3)4/h10-13H,8-9,14-15H2,1-7H3,(H,22,24). The van der Waals surface area contributed by atoms with Crippen LogP contribution >= 0.6 is 0 Å². The van der Waals surface area contributed by atoms with Gasteiger partial charge in [0.1, 0.15) is 11.2 Å². The van der Waals surface area contributed by atoms with E-state index in [2.05, 4.69) is 12.2 Å². The van der Waals surface area contributed by atoms with Crippen LogP contribution in [0.25, 0.3) is 0 Å². The number of hydrogen-bond donors (Lipinski definition) is 1. The minimum absolute atomic E-state index is 0.348. The third-order valence-corrected chi connectivity index (χ3v) is 3.45. The molecule has 0 bridgehead atoms. The molecule has 0 unspecified atom stereocenters. The fraction of sp³-hybridized carbons (Fsp3) is 0.619. The highest BCUT2D eigenvalue weighted by Gasteiger charge is 2.23. The first-order valence-electron chi connectivity index (χ1n) is 9.47. The zero-order valence-corrected chi connectivity index (χ0v) is 17.7. The van der Waals surface area contributed by atoms with Gasteiger partial charge >= 0.3 is 12.2 Å². The number of hydrogen-bond acceptors (Lipinski definition) is 4. The Hall–Kier alpha value is -2.24. The molecular formula is C21H34N2O4. The topological polar surface area (TPSA) is 67.9 Å². The highest BCUT2D eigenvalue weighted by atomic mass is 16.6. The zero-order valence-electron chi connectivity index (χ0n) is 17.7. The second-order valence-electron chi connectivity index (χ2n) is 8.54. The summed E-state index contributed by atoms with van der Waals surface area (Å²) in [4.78, 5) is 26.4. The molecule has 1 rings (SSSR count). The summed E-state index contributed by atoms with van der Waals surface area (Å²) in [5, 5.41) is 2.78.